The molecule has 0 amide bonds. The first-order valence-electron chi connectivity index (χ1n) is 5.01. The second-order valence-corrected chi connectivity index (χ2v) is 4.43. The van der Waals surface area contributed by atoms with Crippen molar-refractivity contribution in [2.45, 2.75) is 0 Å². The van der Waals surface area contributed by atoms with E-state index in [0.29, 0.717) is 17.2 Å². The van der Waals surface area contributed by atoms with Gasteiger partial charge in [-0.3, -0.25) is 4.52 Å². The molecule has 102 valence electrons. The molecule has 0 heterocycles. The summed E-state index contributed by atoms with van der Waals surface area (Å²) < 4.78 is 30.0. The largest absolute Gasteiger partial charge is 0.493 e. The summed E-state index contributed by atoms with van der Waals surface area (Å²) in [5, 5.41) is 0. The lowest BCUT2D eigenvalue weighted by molar-refractivity contribution is 0.160. The van der Waals surface area contributed by atoms with Crippen LogP contribution in [0.3, 0.4) is 0 Å². The van der Waals surface area contributed by atoms with Crippen molar-refractivity contribution in [2.24, 2.45) is 0 Å². The number of hydrogen-bond acceptors (Lipinski definition) is 5. The first-order chi connectivity index (χ1) is 8.46. The first-order valence-corrected chi connectivity index (χ1v) is 6.54. The van der Waals surface area contributed by atoms with E-state index in [2.05, 4.69) is 4.52 Å². The average molecular weight is 278 g/mol. The fourth-order valence-electron chi connectivity index (χ4n) is 1.22. The van der Waals surface area contributed by atoms with Crippen molar-refractivity contribution in [1.82, 2.24) is 0 Å². The lowest BCUT2D eigenvalue weighted by atomic mass is 10.3. The van der Waals surface area contributed by atoms with Crippen LogP contribution >= 0.6 is 7.82 Å². The van der Waals surface area contributed by atoms with Gasteiger partial charge in [0.2, 0.25) is 0 Å². The van der Waals surface area contributed by atoms with E-state index in [0.717, 1.165) is 0 Å². The molecule has 7 nitrogen and oxygen atoms in total. The summed E-state index contributed by atoms with van der Waals surface area (Å²) in [4.78, 5) is 16.9. The number of phosphoric acid groups is 1. The second kappa shape index (κ2) is 6.61. The van der Waals surface area contributed by atoms with Gasteiger partial charge in [-0.2, -0.15) is 0 Å². The molecule has 0 aromatic heterocycles. The molecule has 1 aromatic rings. The quantitative estimate of drug-likeness (QED) is 0.571. The van der Waals surface area contributed by atoms with Crippen LogP contribution in [-0.2, 0) is 9.09 Å². The number of phosphoric ester groups is 1. The van der Waals surface area contributed by atoms with Crippen molar-refractivity contribution in [3.63, 3.8) is 0 Å². The minimum atomic E-state index is -4.44. The third kappa shape index (κ3) is 4.93. The molecule has 0 bridgehead atoms. The van der Waals surface area contributed by atoms with Gasteiger partial charge in [0, 0.05) is 6.07 Å². The predicted molar refractivity (Wildman–Crippen MR) is 63.0 cm³/mol. The second-order valence-electron chi connectivity index (χ2n) is 3.19. The summed E-state index contributed by atoms with van der Waals surface area (Å²) >= 11 is 0. The number of ether oxygens (including phenoxy) is 3. The first kappa shape index (κ1) is 14.8. The Hall–Kier alpha value is -1.27. The lowest BCUT2D eigenvalue weighted by Gasteiger charge is -2.11. The zero-order valence-corrected chi connectivity index (χ0v) is 10.9. The molecule has 0 saturated carbocycles. The molecule has 2 N–H and O–H groups in total. The van der Waals surface area contributed by atoms with Crippen LogP contribution in [0.25, 0.3) is 0 Å². The molecular weight excluding hydrogens is 263 g/mol. The van der Waals surface area contributed by atoms with Gasteiger partial charge in [0.05, 0.1) is 20.8 Å². The molecule has 0 aliphatic rings. The summed E-state index contributed by atoms with van der Waals surface area (Å²) in [5.74, 6) is 1.56. The van der Waals surface area contributed by atoms with Crippen molar-refractivity contribution >= 4 is 7.82 Å². The minimum Gasteiger partial charge on any atom is -0.493 e. The molecule has 0 radical (unpaired) electrons. The standard InChI is InChI=1S/C10H15O7P/c1-14-9-4-3-8(7-10(9)15-2)16-5-6-17-18(11,12)13/h3-4,7H,5-6H2,1-2H3,(H2,11,12,13). The maximum absolute atomic E-state index is 10.4. The van der Waals surface area contributed by atoms with Crippen molar-refractivity contribution in [1.29, 1.82) is 0 Å². The van der Waals surface area contributed by atoms with Gasteiger partial charge >= 0.3 is 7.82 Å². The van der Waals surface area contributed by atoms with Crippen LogP contribution in [0.4, 0.5) is 0 Å². The van der Waals surface area contributed by atoms with Gasteiger partial charge in [0.15, 0.2) is 11.5 Å². The molecule has 0 saturated heterocycles. The van der Waals surface area contributed by atoms with E-state index >= 15 is 0 Å². The predicted octanol–water partition coefficient (Wildman–Crippen LogP) is 1.19. The van der Waals surface area contributed by atoms with E-state index in [9.17, 15) is 4.57 Å². The number of methoxy groups -OCH3 is 2. The summed E-state index contributed by atoms with van der Waals surface area (Å²) in [7, 11) is -1.42. The van der Waals surface area contributed by atoms with Crippen LogP contribution in [-0.4, -0.2) is 37.2 Å². The van der Waals surface area contributed by atoms with E-state index in [1.165, 1.54) is 14.2 Å². The van der Waals surface area contributed by atoms with Crippen molar-refractivity contribution < 1.29 is 33.1 Å². The Kier molecular flexibility index (Phi) is 5.43. The maximum Gasteiger partial charge on any atom is 0.469 e. The fraction of sp³-hybridized carbons (Fsp3) is 0.400. The fourth-order valence-corrected chi connectivity index (χ4v) is 1.53. The Bertz CT molecular complexity index is 428. The molecule has 1 rings (SSSR count). The molecule has 0 aliphatic heterocycles. The van der Waals surface area contributed by atoms with Crippen LogP contribution in [0.2, 0.25) is 0 Å². The normalized spacial score (nSPS) is 11.1. The highest BCUT2D eigenvalue weighted by atomic mass is 31.2. The summed E-state index contributed by atoms with van der Waals surface area (Å²) in [6, 6.07) is 4.92. The zero-order chi connectivity index (χ0) is 13.6. The van der Waals surface area contributed by atoms with Crippen LogP contribution < -0.4 is 14.2 Å². The van der Waals surface area contributed by atoms with E-state index in [-0.39, 0.29) is 13.2 Å². The third-order valence-corrected chi connectivity index (χ3v) is 2.49. The van der Waals surface area contributed by atoms with E-state index in [4.69, 9.17) is 24.0 Å². The monoisotopic (exact) mass is 278 g/mol. The third-order valence-electron chi connectivity index (χ3n) is 1.97. The molecule has 1 aromatic carbocycles. The summed E-state index contributed by atoms with van der Waals surface area (Å²) in [6.07, 6.45) is 0. The molecule has 0 aliphatic carbocycles. The Labute approximate surface area is 104 Å². The van der Waals surface area contributed by atoms with E-state index in [1.807, 2.05) is 0 Å². The highest BCUT2D eigenvalue weighted by Gasteiger charge is 2.13. The van der Waals surface area contributed by atoms with Gasteiger partial charge in [-0.15, -0.1) is 0 Å². The smallest absolute Gasteiger partial charge is 0.469 e. The van der Waals surface area contributed by atoms with E-state index < -0.39 is 7.82 Å². The zero-order valence-electron chi connectivity index (χ0n) is 10.0. The van der Waals surface area contributed by atoms with Crippen molar-refractivity contribution in [3.8, 4) is 17.2 Å². The molecule has 0 atom stereocenters. The van der Waals surface area contributed by atoms with Gasteiger partial charge in [-0.25, -0.2) is 4.57 Å². The van der Waals surface area contributed by atoms with Crippen molar-refractivity contribution in [3.05, 3.63) is 18.2 Å². The summed E-state index contributed by atoms with van der Waals surface area (Å²) in [6.45, 7) is -0.195. The highest BCUT2D eigenvalue weighted by molar-refractivity contribution is 7.46. The number of benzene rings is 1. The number of hydrogen-bond donors (Lipinski definition) is 2. The molecular formula is C10H15O7P. The molecule has 0 fully saturated rings. The van der Waals surface area contributed by atoms with Crippen molar-refractivity contribution in [2.75, 3.05) is 27.4 Å². The van der Waals surface area contributed by atoms with Gasteiger partial charge < -0.3 is 24.0 Å². The lowest BCUT2D eigenvalue weighted by Crippen LogP contribution is -2.05. The Morgan fingerprint density at radius 3 is 2.33 bits per heavy atom. The van der Waals surface area contributed by atoms with Gasteiger partial charge in [0.25, 0.3) is 0 Å². The molecule has 8 heteroatoms. The van der Waals surface area contributed by atoms with Crippen LogP contribution in [0.1, 0.15) is 0 Å². The molecule has 0 unspecified atom stereocenters. The molecule has 18 heavy (non-hydrogen) atoms. The number of rotatable bonds is 7. The summed E-state index contributed by atoms with van der Waals surface area (Å²) in [5.41, 5.74) is 0. The Morgan fingerprint density at radius 2 is 1.78 bits per heavy atom. The maximum atomic E-state index is 10.4. The Morgan fingerprint density at radius 1 is 1.11 bits per heavy atom. The van der Waals surface area contributed by atoms with E-state index in [1.54, 1.807) is 18.2 Å². The highest BCUT2D eigenvalue weighted by Crippen LogP contribution is 2.35. The SMILES string of the molecule is COc1ccc(OCCOP(=O)(O)O)cc1OC. The topological polar surface area (TPSA) is 94.5 Å². The van der Waals surface area contributed by atoms with Gasteiger partial charge in [-0.1, -0.05) is 0 Å². The Balaban J connectivity index is 2.50. The minimum absolute atomic E-state index is 0.0145. The van der Waals surface area contributed by atoms with Crippen LogP contribution in [0.5, 0.6) is 17.2 Å². The van der Waals surface area contributed by atoms with Gasteiger partial charge in [-0.05, 0) is 12.1 Å². The molecule has 0 spiro atoms. The van der Waals surface area contributed by atoms with Gasteiger partial charge in [0.1, 0.15) is 12.4 Å². The van der Waals surface area contributed by atoms with Crippen LogP contribution in [0.15, 0.2) is 18.2 Å². The van der Waals surface area contributed by atoms with Crippen LogP contribution in [0, 0.1) is 0 Å². The average Bonchev–Trinajstić information content (AvgIpc) is 2.33.